The quantitative estimate of drug-likeness (QED) is 0.0330. The molecule has 1 fully saturated rings. The minimum Gasteiger partial charge on any atom is -0.394 e. The molecule has 6 N–H and O–H groups in total. The van der Waals surface area contributed by atoms with E-state index in [1.54, 1.807) is 0 Å². The second kappa shape index (κ2) is 49.8. The predicted molar refractivity (Wildman–Crippen MR) is 286 cm³/mol. The molecule has 1 aliphatic rings. The number of hydrogen-bond acceptors (Lipinski definition) is 8. The third kappa shape index (κ3) is 38.8. The summed E-state index contributed by atoms with van der Waals surface area (Å²) in [6.07, 6.45) is 52.9. The summed E-state index contributed by atoms with van der Waals surface area (Å²) < 4.78 is 11.3. The summed E-state index contributed by atoms with van der Waals surface area (Å²) in [6.45, 7) is 3.89. The molecule has 1 heterocycles. The van der Waals surface area contributed by atoms with Gasteiger partial charge < -0.3 is 40.3 Å². The Morgan fingerprint density at radius 3 is 1.04 bits per heavy atom. The van der Waals surface area contributed by atoms with Gasteiger partial charge in [-0.25, -0.2) is 0 Å². The Morgan fingerprint density at radius 1 is 0.441 bits per heavy atom. The average Bonchev–Trinajstić information content (AvgIpc) is 3.34. The molecule has 0 radical (unpaired) electrons. The molecular weight excluding hydrogens is 851 g/mol. The Hall–Kier alpha value is -0.810. The van der Waals surface area contributed by atoms with Gasteiger partial charge in [-0.3, -0.25) is 4.79 Å². The van der Waals surface area contributed by atoms with Crippen molar-refractivity contribution in [3.63, 3.8) is 0 Å². The van der Waals surface area contributed by atoms with E-state index in [9.17, 15) is 30.3 Å². The lowest BCUT2D eigenvalue weighted by Crippen LogP contribution is -2.60. The van der Waals surface area contributed by atoms with E-state index >= 15 is 0 Å². The van der Waals surface area contributed by atoms with Gasteiger partial charge in [0.1, 0.15) is 24.4 Å². The lowest BCUT2D eigenvalue weighted by atomic mass is 9.99. The van der Waals surface area contributed by atoms with Gasteiger partial charge in [0.15, 0.2) is 6.29 Å². The molecule has 7 unspecified atom stereocenters. The Bertz CT molecular complexity index is 1030. The van der Waals surface area contributed by atoms with Gasteiger partial charge in [0, 0.05) is 6.42 Å². The zero-order chi connectivity index (χ0) is 49.4. The number of ether oxygens (including phenoxy) is 2. The summed E-state index contributed by atoms with van der Waals surface area (Å²) in [7, 11) is 0. The molecule has 1 saturated heterocycles. The molecule has 68 heavy (non-hydrogen) atoms. The molecule has 406 valence electrons. The number of aliphatic hydroxyl groups is 5. The highest BCUT2D eigenvalue weighted by molar-refractivity contribution is 5.76. The van der Waals surface area contributed by atoms with Crippen LogP contribution in [-0.2, 0) is 14.3 Å². The molecule has 0 aromatic carbocycles. The standard InChI is InChI=1S/C59H117NO8/c1-3-5-7-9-11-13-15-17-19-21-22-23-24-25-26-27-28-29-30-31-32-33-34-36-38-40-42-44-46-48-53(62)52(51-67-59-58(66)57(65)56(64)54(50-61)68-59)60-55(63)49-47-45-43-41-39-37-35-20-18-16-14-12-10-8-6-4-2/h52-54,56-59,61-62,64-66H,3-51H2,1-2H3,(H,60,63). The maximum atomic E-state index is 13.1. The number of carbonyl (C=O) groups is 1. The fourth-order valence-electron chi connectivity index (χ4n) is 10.2. The van der Waals surface area contributed by atoms with Gasteiger partial charge in [-0.1, -0.05) is 296 Å². The zero-order valence-electron chi connectivity index (χ0n) is 45.2. The third-order valence-electron chi connectivity index (χ3n) is 15.0. The van der Waals surface area contributed by atoms with E-state index in [0.717, 1.165) is 38.5 Å². The molecule has 1 aliphatic heterocycles. The van der Waals surface area contributed by atoms with E-state index in [4.69, 9.17) is 9.47 Å². The first-order valence-corrected chi connectivity index (χ1v) is 30.2. The molecule has 0 saturated carbocycles. The Morgan fingerprint density at radius 2 is 0.735 bits per heavy atom. The van der Waals surface area contributed by atoms with Crippen LogP contribution < -0.4 is 5.32 Å². The molecule has 0 spiro atoms. The lowest BCUT2D eigenvalue weighted by Gasteiger charge is -2.40. The largest absolute Gasteiger partial charge is 0.394 e. The van der Waals surface area contributed by atoms with E-state index < -0.39 is 49.5 Å². The van der Waals surface area contributed by atoms with Gasteiger partial charge >= 0.3 is 0 Å². The summed E-state index contributed by atoms with van der Waals surface area (Å²) in [6, 6.07) is -0.713. The van der Waals surface area contributed by atoms with Crippen molar-refractivity contribution in [2.75, 3.05) is 13.2 Å². The summed E-state index contributed by atoms with van der Waals surface area (Å²) in [5.74, 6) is -0.137. The van der Waals surface area contributed by atoms with Gasteiger partial charge in [-0.15, -0.1) is 0 Å². The highest BCUT2D eigenvalue weighted by atomic mass is 16.7. The van der Waals surface area contributed by atoms with Crippen molar-refractivity contribution < 1.29 is 39.8 Å². The average molecular weight is 969 g/mol. The normalized spacial score (nSPS) is 19.4. The van der Waals surface area contributed by atoms with Crippen molar-refractivity contribution in [2.45, 2.75) is 358 Å². The van der Waals surface area contributed by atoms with Crippen LogP contribution >= 0.6 is 0 Å². The number of rotatable bonds is 53. The lowest BCUT2D eigenvalue weighted by molar-refractivity contribution is -0.302. The van der Waals surface area contributed by atoms with Gasteiger partial charge in [0.25, 0.3) is 0 Å². The molecule has 0 aromatic rings. The van der Waals surface area contributed by atoms with Crippen molar-refractivity contribution >= 4 is 5.91 Å². The number of carbonyl (C=O) groups excluding carboxylic acids is 1. The molecule has 0 aromatic heterocycles. The molecule has 0 bridgehead atoms. The second-order valence-corrected chi connectivity index (χ2v) is 21.5. The number of unbranched alkanes of at least 4 members (excludes halogenated alkanes) is 43. The first-order chi connectivity index (χ1) is 33.3. The van der Waals surface area contributed by atoms with Crippen LogP contribution in [0.1, 0.15) is 316 Å². The van der Waals surface area contributed by atoms with Crippen molar-refractivity contribution in [1.82, 2.24) is 5.32 Å². The van der Waals surface area contributed by atoms with Crippen LogP contribution in [0.5, 0.6) is 0 Å². The third-order valence-corrected chi connectivity index (χ3v) is 15.0. The maximum absolute atomic E-state index is 13.1. The van der Waals surface area contributed by atoms with E-state index in [1.165, 1.54) is 250 Å². The highest BCUT2D eigenvalue weighted by Crippen LogP contribution is 2.24. The zero-order valence-corrected chi connectivity index (χ0v) is 45.2. The summed E-state index contributed by atoms with van der Waals surface area (Å²) in [5, 5.41) is 54.7. The monoisotopic (exact) mass is 968 g/mol. The Balaban J connectivity index is 2.13. The summed E-state index contributed by atoms with van der Waals surface area (Å²) in [4.78, 5) is 13.1. The van der Waals surface area contributed by atoms with Crippen LogP contribution in [0.15, 0.2) is 0 Å². The molecular formula is C59H117NO8. The van der Waals surface area contributed by atoms with Crippen LogP contribution in [0, 0.1) is 0 Å². The molecule has 1 amide bonds. The van der Waals surface area contributed by atoms with Crippen molar-refractivity contribution in [3.8, 4) is 0 Å². The molecule has 0 aliphatic carbocycles. The first-order valence-electron chi connectivity index (χ1n) is 30.2. The van der Waals surface area contributed by atoms with Crippen LogP contribution in [-0.4, -0.2) is 87.5 Å². The fourth-order valence-corrected chi connectivity index (χ4v) is 10.2. The van der Waals surface area contributed by atoms with E-state index in [1.807, 2.05) is 0 Å². The van der Waals surface area contributed by atoms with E-state index in [-0.39, 0.29) is 12.5 Å². The molecule has 1 rings (SSSR count). The Labute approximate surface area is 421 Å². The predicted octanol–water partition coefficient (Wildman–Crippen LogP) is 15.0. The fraction of sp³-hybridized carbons (Fsp3) is 0.983. The van der Waals surface area contributed by atoms with Gasteiger partial charge in [-0.2, -0.15) is 0 Å². The topological polar surface area (TPSA) is 149 Å². The number of hydrogen-bond donors (Lipinski definition) is 6. The van der Waals surface area contributed by atoms with Crippen LogP contribution in [0.2, 0.25) is 0 Å². The van der Waals surface area contributed by atoms with Gasteiger partial charge in [-0.05, 0) is 12.8 Å². The van der Waals surface area contributed by atoms with E-state index in [0.29, 0.717) is 12.8 Å². The number of amides is 1. The maximum Gasteiger partial charge on any atom is 0.220 e. The SMILES string of the molecule is CCCCCCCCCCCCCCCCCCCCCCCCCCCCCCCC(O)C(COC1OC(CO)C(O)C(O)C1O)NC(=O)CCCCCCCCCCCCCCCCCC. The minimum atomic E-state index is -1.55. The van der Waals surface area contributed by atoms with Crippen LogP contribution in [0.3, 0.4) is 0 Å². The van der Waals surface area contributed by atoms with Crippen LogP contribution in [0.25, 0.3) is 0 Å². The summed E-state index contributed by atoms with van der Waals surface area (Å²) >= 11 is 0. The summed E-state index contributed by atoms with van der Waals surface area (Å²) in [5.41, 5.74) is 0. The van der Waals surface area contributed by atoms with Crippen LogP contribution in [0.4, 0.5) is 0 Å². The molecule has 9 nitrogen and oxygen atoms in total. The van der Waals surface area contributed by atoms with Crippen molar-refractivity contribution in [2.24, 2.45) is 0 Å². The molecule has 9 heteroatoms. The second-order valence-electron chi connectivity index (χ2n) is 21.5. The first kappa shape index (κ1) is 65.2. The Kier molecular flexibility index (Phi) is 47.7. The highest BCUT2D eigenvalue weighted by Gasteiger charge is 2.44. The number of aliphatic hydroxyl groups excluding tert-OH is 5. The van der Waals surface area contributed by atoms with Crippen molar-refractivity contribution in [3.05, 3.63) is 0 Å². The van der Waals surface area contributed by atoms with E-state index in [2.05, 4.69) is 19.2 Å². The van der Waals surface area contributed by atoms with Gasteiger partial charge in [0.2, 0.25) is 5.91 Å². The number of nitrogens with one attached hydrogen (secondary N) is 1. The van der Waals surface area contributed by atoms with Gasteiger partial charge in [0.05, 0.1) is 25.4 Å². The smallest absolute Gasteiger partial charge is 0.220 e. The molecule has 7 atom stereocenters. The minimum absolute atomic E-state index is 0.131. The van der Waals surface area contributed by atoms with Crippen molar-refractivity contribution in [1.29, 1.82) is 0 Å².